The van der Waals surface area contributed by atoms with Crippen LogP contribution in [0.5, 0.6) is 0 Å². The third-order valence-electron chi connectivity index (χ3n) is 6.68. The molecule has 4 nitrogen and oxygen atoms in total. The Morgan fingerprint density at radius 2 is 0.781 bits per heavy atom. The molecular formula is C28H30O4. The second kappa shape index (κ2) is 9.32. The van der Waals surface area contributed by atoms with Gasteiger partial charge < -0.3 is 0 Å². The van der Waals surface area contributed by atoms with Crippen molar-refractivity contribution < 1.29 is 0 Å². The maximum Gasteiger partial charge on any atom is 0.234 e. The summed E-state index contributed by atoms with van der Waals surface area (Å²) < 4.78 is 0. The summed E-state index contributed by atoms with van der Waals surface area (Å²) in [6.45, 7) is 4.28. The Labute approximate surface area is 187 Å². The Hall–Kier alpha value is -2.88. The second-order valence-corrected chi connectivity index (χ2v) is 9.07. The van der Waals surface area contributed by atoms with Crippen molar-refractivity contribution in [2.75, 3.05) is 0 Å². The highest BCUT2D eigenvalue weighted by molar-refractivity contribution is 6.11. The molecule has 4 heteroatoms. The summed E-state index contributed by atoms with van der Waals surface area (Å²) in [5.41, 5.74) is 0.382. The van der Waals surface area contributed by atoms with Crippen LogP contribution in [-0.2, 0) is 12.8 Å². The lowest BCUT2D eigenvalue weighted by molar-refractivity contribution is 0.667. The monoisotopic (exact) mass is 430 g/mol. The average Bonchev–Trinajstić information content (AvgIpc) is 2.80. The zero-order valence-electron chi connectivity index (χ0n) is 19.0. The molecule has 32 heavy (non-hydrogen) atoms. The SMILES string of the molecule is CCCCCCc1cc2c3c(c1)c(=O)c(=O)c1cc(CCCCCC)cc(c1-3)c(=O)c2=O. The average molecular weight is 431 g/mol. The Kier molecular flexibility index (Phi) is 6.50. The Morgan fingerprint density at radius 1 is 0.469 bits per heavy atom. The topological polar surface area (TPSA) is 68.3 Å². The molecule has 4 rings (SSSR count). The van der Waals surface area contributed by atoms with E-state index in [9.17, 15) is 19.2 Å². The van der Waals surface area contributed by atoms with E-state index in [1.165, 1.54) is 0 Å². The van der Waals surface area contributed by atoms with Crippen LogP contribution in [0.15, 0.2) is 43.4 Å². The van der Waals surface area contributed by atoms with Gasteiger partial charge in [0, 0.05) is 32.7 Å². The van der Waals surface area contributed by atoms with Gasteiger partial charge in [0.05, 0.1) is 0 Å². The molecular weight excluding hydrogens is 400 g/mol. The summed E-state index contributed by atoms with van der Waals surface area (Å²) in [5, 5.41) is 1.12. The van der Waals surface area contributed by atoms with E-state index in [0.717, 1.165) is 75.3 Å². The number of benzene rings is 4. The number of unbranched alkanes of at least 4 members (excludes halogenated alkanes) is 6. The molecule has 166 valence electrons. The van der Waals surface area contributed by atoms with Crippen LogP contribution in [0.3, 0.4) is 0 Å². The van der Waals surface area contributed by atoms with Gasteiger partial charge in [-0.05, 0) is 61.1 Å². The zero-order valence-corrected chi connectivity index (χ0v) is 19.0. The van der Waals surface area contributed by atoms with Gasteiger partial charge in [-0.1, -0.05) is 52.4 Å². The molecule has 0 saturated heterocycles. The third kappa shape index (κ3) is 3.87. The number of rotatable bonds is 10. The summed E-state index contributed by atoms with van der Waals surface area (Å²) in [7, 11) is 0. The summed E-state index contributed by atoms with van der Waals surface area (Å²) in [6, 6.07) is 7.05. The Bertz CT molecular complexity index is 1220. The third-order valence-corrected chi connectivity index (χ3v) is 6.68. The van der Waals surface area contributed by atoms with Gasteiger partial charge in [-0.3, -0.25) is 19.2 Å². The van der Waals surface area contributed by atoms with Crippen molar-refractivity contribution in [2.24, 2.45) is 0 Å². The van der Waals surface area contributed by atoms with Crippen molar-refractivity contribution in [1.29, 1.82) is 0 Å². The molecule has 0 amide bonds. The maximum absolute atomic E-state index is 13.0. The lowest BCUT2D eigenvalue weighted by atomic mass is 9.84. The van der Waals surface area contributed by atoms with Crippen molar-refractivity contribution in [3.8, 4) is 11.1 Å². The van der Waals surface area contributed by atoms with Gasteiger partial charge in [0.2, 0.25) is 21.7 Å². The van der Waals surface area contributed by atoms with Gasteiger partial charge in [0.25, 0.3) is 0 Å². The van der Waals surface area contributed by atoms with Gasteiger partial charge in [-0.15, -0.1) is 0 Å². The number of aryl methyl sites for hydroxylation is 2. The first-order valence-corrected chi connectivity index (χ1v) is 12.0. The first-order chi connectivity index (χ1) is 15.5. The molecule has 0 heterocycles. The van der Waals surface area contributed by atoms with Crippen LogP contribution in [0.1, 0.15) is 76.3 Å². The molecule has 0 N–H and O–H groups in total. The molecule has 2 aliphatic carbocycles. The number of hydrogen-bond acceptors (Lipinski definition) is 4. The van der Waals surface area contributed by atoms with Gasteiger partial charge in [0.15, 0.2) is 0 Å². The molecule has 0 aliphatic heterocycles. The Balaban J connectivity index is 1.92. The quantitative estimate of drug-likeness (QED) is 0.199. The highest BCUT2D eigenvalue weighted by atomic mass is 16.2. The highest BCUT2D eigenvalue weighted by Crippen LogP contribution is 2.36. The van der Waals surface area contributed by atoms with E-state index >= 15 is 0 Å². The fourth-order valence-electron chi connectivity index (χ4n) is 4.95. The minimum Gasteiger partial charge on any atom is -0.285 e. The molecule has 0 spiro atoms. The molecule has 0 bridgehead atoms. The van der Waals surface area contributed by atoms with Gasteiger partial charge in [0.1, 0.15) is 0 Å². The molecule has 0 saturated carbocycles. The van der Waals surface area contributed by atoms with E-state index in [4.69, 9.17) is 0 Å². The first-order valence-electron chi connectivity index (χ1n) is 12.0. The van der Waals surface area contributed by atoms with E-state index in [1.54, 1.807) is 24.3 Å². The van der Waals surface area contributed by atoms with Crippen molar-refractivity contribution in [3.63, 3.8) is 0 Å². The molecule has 0 radical (unpaired) electrons. The molecule has 2 aromatic rings. The van der Waals surface area contributed by atoms with Crippen LogP contribution < -0.4 is 21.7 Å². The highest BCUT2D eigenvalue weighted by Gasteiger charge is 2.25. The lowest BCUT2D eigenvalue weighted by Crippen LogP contribution is -2.31. The van der Waals surface area contributed by atoms with Crippen molar-refractivity contribution in [3.05, 3.63) is 76.3 Å². The van der Waals surface area contributed by atoms with E-state index in [2.05, 4.69) is 13.8 Å². The summed E-state index contributed by atoms with van der Waals surface area (Å²) in [4.78, 5) is 52.2. The lowest BCUT2D eigenvalue weighted by Gasteiger charge is -2.17. The molecule has 2 aliphatic rings. The van der Waals surface area contributed by atoms with Crippen LogP contribution in [-0.4, -0.2) is 0 Å². The summed E-state index contributed by atoms with van der Waals surface area (Å²) >= 11 is 0. The minimum absolute atomic E-state index is 0.281. The van der Waals surface area contributed by atoms with Crippen LogP contribution in [0, 0.1) is 0 Å². The first kappa shape index (κ1) is 22.3. The molecule has 2 aromatic carbocycles. The zero-order chi connectivity index (χ0) is 22.8. The molecule has 0 unspecified atom stereocenters. The van der Waals surface area contributed by atoms with E-state index in [-0.39, 0.29) is 21.5 Å². The van der Waals surface area contributed by atoms with Gasteiger partial charge >= 0.3 is 0 Å². The summed E-state index contributed by atoms with van der Waals surface area (Å²) in [5.74, 6) is 0. The van der Waals surface area contributed by atoms with Gasteiger partial charge in [-0.2, -0.15) is 0 Å². The van der Waals surface area contributed by atoms with Crippen LogP contribution in [0.25, 0.3) is 32.7 Å². The predicted molar refractivity (Wildman–Crippen MR) is 132 cm³/mol. The van der Waals surface area contributed by atoms with E-state index in [1.807, 2.05) is 0 Å². The second-order valence-electron chi connectivity index (χ2n) is 9.07. The Morgan fingerprint density at radius 3 is 1.06 bits per heavy atom. The predicted octanol–water partition coefficient (Wildman–Crippen LogP) is 5.10. The smallest absolute Gasteiger partial charge is 0.234 e. The van der Waals surface area contributed by atoms with Crippen LogP contribution in [0.4, 0.5) is 0 Å². The van der Waals surface area contributed by atoms with Gasteiger partial charge in [-0.25, -0.2) is 0 Å². The summed E-state index contributed by atoms with van der Waals surface area (Å²) in [6.07, 6.45) is 9.96. The standard InChI is InChI=1S/C28H30O4/c1-3-5-7-9-11-17-13-19-23-20(14-17)26(30)28(32)22-16-18(12-10-8-6-4-2)15-21(24(22)23)27(31)25(19)29/h13-16H,3-12H2,1-2H3. The fourth-order valence-corrected chi connectivity index (χ4v) is 4.95. The number of hydrogen-bond donors (Lipinski definition) is 0. The minimum atomic E-state index is -0.569. The van der Waals surface area contributed by atoms with Crippen molar-refractivity contribution in [1.82, 2.24) is 0 Å². The maximum atomic E-state index is 13.0. The normalized spacial score (nSPS) is 11.9. The van der Waals surface area contributed by atoms with Crippen molar-refractivity contribution in [2.45, 2.75) is 78.1 Å². The van der Waals surface area contributed by atoms with E-state index in [0.29, 0.717) is 11.1 Å². The van der Waals surface area contributed by atoms with E-state index < -0.39 is 21.7 Å². The fraction of sp³-hybridized carbons (Fsp3) is 0.429. The largest absolute Gasteiger partial charge is 0.285 e. The molecule has 0 fully saturated rings. The molecule has 0 aromatic heterocycles. The van der Waals surface area contributed by atoms with Crippen molar-refractivity contribution >= 4 is 21.5 Å². The van der Waals surface area contributed by atoms with Crippen LogP contribution in [0.2, 0.25) is 0 Å². The molecule has 0 atom stereocenters. The van der Waals surface area contributed by atoms with Crippen LogP contribution >= 0.6 is 0 Å².